The second kappa shape index (κ2) is 5.97. The molecule has 0 spiro atoms. The minimum Gasteiger partial charge on any atom is -0.492 e. The summed E-state index contributed by atoms with van der Waals surface area (Å²) in [5.74, 6) is 0.821. The third-order valence-corrected chi connectivity index (χ3v) is 3.61. The quantitative estimate of drug-likeness (QED) is 0.882. The lowest BCUT2D eigenvalue weighted by atomic mass is 9.98. The molecule has 1 aliphatic rings. The van der Waals surface area contributed by atoms with E-state index in [9.17, 15) is 4.79 Å². The molecule has 0 aliphatic carbocycles. The van der Waals surface area contributed by atoms with Crippen LogP contribution in [0.1, 0.15) is 27.5 Å². The maximum Gasteiger partial charge on any atom is 0.252 e. The number of fused-ring (bicyclic) bond motifs is 1. The predicted molar refractivity (Wildman–Crippen MR) is 81.3 cm³/mol. The first-order valence-corrected chi connectivity index (χ1v) is 7.09. The van der Waals surface area contributed by atoms with E-state index in [1.54, 1.807) is 0 Å². The van der Waals surface area contributed by atoms with Gasteiger partial charge in [-0.1, -0.05) is 30.3 Å². The molecule has 4 heteroatoms. The first-order valence-electron chi connectivity index (χ1n) is 7.09. The van der Waals surface area contributed by atoms with Gasteiger partial charge in [0, 0.05) is 12.1 Å². The Hall–Kier alpha value is -2.33. The minimum absolute atomic E-state index is 0.00568. The first-order chi connectivity index (χ1) is 10.3. The lowest BCUT2D eigenvalue weighted by Crippen LogP contribution is -2.20. The van der Waals surface area contributed by atoms with Crippen LogP contribution in [0.5, 0.6) is 5.75 Å². The Morgan fingerprint density at radius 3 is 2.86 bits per heavy atom. The molecule has 0 aromatic heterocycles. The molecule has 2 aromatic rings. The number of carbonyl (C=O) groups excluding carboxylic acids is 1. The largest absolute Gasteiger partial charge is 0.492 e. The van der Waals surface area contributed by atoms with E-state index in [-0.39, 0.29) is 11.9 Å². The maximum atomic E-state index is 11.9. The lowest BCUT2D eigenvalue weighted by molar-refractivity contribution is 0.0956. The summed E-state index contributed by atoms with van der Waals surface area (Å²) in [5, 5.41) is 3.03. The van der Waals surface area contributed by atoms with Crippen LogP contribution >= 0.6 is 0 Å². The van der Waals surface area contributed by atoms with Gasteiger partial charge in [0.05, 0.1) is 6.04 Å². The number of hydrogen-bond donors (Lipinski definition) is 2. The van der Waals surface area contributed by atoms with Gasteiger partial charge in [0.1, 0.15) is 12.4 Å². The summed E-state index contributed by atoms with van der Waals surface area (Å²) in [6.07, 6.45) is 0.753. The minimum atomic E-state index is 0.00568. The van der Waals surface area contributed by atoms with Crippen LogP contribution in [0.25, 0.3) is 0 Å². The van der Waals surface area contributed by atoms with Gasteiger partial charge in [-0.05, 0) is 35.7 Å². The Kier molecular flexibility index (Phi) is 3.88. The van der Waals surface area contributed by atoms with E-state index in [0.717, 1.165) is 28.9 Å². The van der Waals surface area contributed by atoms with Crippen molar-refractivity contribution in [3.05, 3.63) is 65.2 Å². The van der Waals surface area contributed by atoms with Gasteiger partial charge in [-0.3, -0.25) is 4.79 Å². The van der Waals surface area contributed by atoms with Gasteiger partial charge in [0.15, 0.2) is 0 Å². The molecule has 0 saturated carbocycles. The van der Waals surface area contributed by atoms with Gasteiger partial charge in [-0.2, -0.15) is 0 Å². The van der Waals surface area contributed by atoms with Crippen molar-refractivity contribution in [2.45, 2.75) is 12.5 Å². The molecule has 1 aliphatic heterocycles. The Labute approximate surface area is 123 Å². The highest BCUT2D eigenvalue weighted by molar-refractivity contribution is 5.99. The molecule has 1 unspecified atom stereocenters. The summed E-state index contributed by atoms with van der Waals surface area (Å²) in [6.45, 7) is 1.00. The van der Waals surface area contributed by atoms with Crippen molar-refractivity contribution in [1.82, 2.24) is 5.32 Å². The van der Waals surface area contributed by atoms with E-state index in [2.05, 4.69) is 5.32 Å². The normalized spacial score (nSPS) is 16.4. The van der Waals surface area contributed by atoms with Crippen LogP contribution in [0.3, 0.4) is 0 Å². The van der Waals surface area contributed by atoms with E-state index < -0.39 is 0 Å². The van der Waals surface area contributed by atoms with Crippen LogP contribution in [0.4, 0.5) is 0 Å². The fraction of sp³-hybridized carbons (Fsp3) is 0.235. The molecule has 0 bridgehead atoms. The van der Waals surface area contributed by atoms with Gasteiger partial charge >= 0.3 is 0 Å². The van der Waals surface area contributed by atoms with Crippen LogP contribution in [0.15, 0.2) is 48.5 Å². The van der Waals surface area contributed by atoms with Crippen molar-refractivity contribution < 1.29 is 9.53 Å². The lowest BCUT2D eigenvalue weighted by Gasteiger charge is -2.13. The molecule has 3 rings (SSSR count). The van der Waals surface area contributed by atoms with Crippen molar-refractivity contribution in [3.63, 3.8) is 0 Å². The second-order valence-electron chi connectivity index (χ2n) is 5.10. The van der Waals surface area contributed by atoms with Gasteiger partial charge < -0.3 is 15.8 Å². The molecule has 0 radical (unpaired) electrons. The van der Waals surface area contributed by atoms with E-state index in [0.29, 0.717) is 13.2 Å². The highest BCUT2D eigenvalue weighted by Crippen LogP contribution is 2.28. The van der Waals surface area contributed by atoms with Crippen LogP contribution in [-0.2, 0) is 6.42 Å². The Morgan fingerprint density at radius 2 is 2.00 bits per heavy atom. The maximum absolute atomic E-state index is 11.9. The van der Waals surface area contributed by atoms with Gasteiger partial charge in [-0.25, -0.2) is 0 Å². The van der Waals surface area contributed by atoms with Gasteiger partial charge in [0.2, 0.25) is 0 Å². The topological polar surface area (TPSA) is 64.3 Å². The van der Waals surface area contributed by atoms with Crippen LogP contribution < -0.4 is 15.8 Å². The molecule has 1 atom stereocenters. The number of carbonyl (C=O) groups is 1. The molecule has 0 fully saturated rings. The summed E-state index contributed by atoms with van der Waals surface area (Å²) < 4.78 is 5.54. The number of nitrogens with two attached hydrogens (primary N) is 1. The van der Waals surface area contributed by atoms with Crippen molar-refractivity contribution in [2.75, 3.05) is 13.2 Å². The molecule has 21 heavy (non-hydrogen) atoms. The summed E-state index contributed by atoms with van der Waals surface area (Å²) in [4.78, 5) is 11.9. The highest BCUT2D eigenvalue weighted by Gasteiger charge is 2.27. The molecule has 108 valence electrons. The number of hydrogen-bond acceptors (Lipinski definition) is 3. The number of nitrogens with one attached hydrogen (secondary N) is 1. The molecule has 3 N–H and O–H groups in total. The Bertz CT molecular complexity index is 655. The Morgan fingerprint density at radius 1 is 1.14 bits per heavy atom. The molecule has 2 aromatic carbocycles. The zero-order chi connectivity index (χ0) is 14.7. The molecular weight excluding hydrogens is 264 g/mol. The van der Waals surface area contributed by atoms with Crippen LogP contribution in [0.2, 0.25) is 0 Å². The SMILES string of the molecule is NCCOc1cccc(CC2NC(=O)c3ccccc32)c1. The van der Waals surface area contributed by atoms with Crippen LogP contribution in [0, 0.1) is 0 Å². The fourth-order valence-corrected chi connectivity index (χ4v) is 2.66. The van der Waals surface area contributed by atoms with Crippen molar-refractivity contribution in [2.24, 2.45) is 5.73 Å². The third kappa shape index (κ3) is 2.90. The average Bonchev–Trinajstić information content (AvgIpc) is 2.82. The zero-order valence-electron chi connectivity index (χ0n) is 11.7. The first kappa shape index (κ1) is 13.6. The zero-order valence-corrected chi connectivity index (χ0v) is 11.7. The summed E-state index contributed by atoms with van der Waals surface area (Å²) in [5.41, 5.74) is 8.41. The second-order valence-corrected chi connectivity index (χ2v) is 5.10. The fourth-order valence-electron chi connectivity index (χ4n) is 2.66. The summed E-state index contributed by atoms with van der Waals surface area (Å²) >= 11 is 0. The van der Waals surface area contributed by atoms with Crippen molar-refractivity contribution in [3.8, 4) is 5.75 Å². The number of rotatable bonds is 5. The number of ether oxygens (including phenoxy) is 1. The number of amides is 1. The van der Waals surface area contributed by atoms with Gasteiger partial charge in [0.25, 0.3) is 5.91 Å². The standard InChI is InChI=1S/C17H18N2O2/c18-8-9-21-13-5-3-4-12(10-13)11-16-14-6-1-2-7-15(14)17(20)19-16/h1-7,10,16H,8-9,11,18H2,(H,19,20). The predicted octanol–water partition coefficient (Wildman–Crippen LogP) is 2.05. The number of benzene rings is 2. The molecule has 4 nitrogen and oxygen atoms in total. The average molecular weight is 282 g/mol. The molecular formula is C17H18N2O2. The van der Waals surface area contributed by atoms with E-state index in [1.165, 1.54) is 0 Å². The molecule has 1 amide bonds. The van der Waals surface area contributed by atoms with E-state index in [1.807, 2.05) is 48.5 Å². The van der Waals surface area contributed by atoms with Crippen molar-refractivity contribution in [1.29, 1.82) is 0 Å². The smallest absolute Gasteiger partial charge is 0.252 e. The Balaban J connectivity index is 1.77. The summed E-state index contributed by atoms with van der Waals surface area (Å²) in [7, 11) is 0. The van der Waals surface area contributed by atoms with E-state index >= 15 is 0 Å². The van der Waals surface area contributed by atoms with Crippen LogP contribution in [-0.4, -0.2) is 19.1 Å². The monoisotopic (exact) mass is 282 g/mol. The third-order valence-electron chi connectivity index (χ3n) is 3.61. The highest BCUT2D eigenvalue weighted by atomic mass is 16.5. The molecule has 0 saturated heterocycles. The summed E-state index contributed by atoms with van der Waals surface area (Å²) in [6, 6.07) is 15.7. The molecule has 1 heterocycles. The van der Waals surface area contributed by atoms with Gasteiger partial charge in [-0.15, -0.1) is 0 Å². The van der Waals surface area contributed by atoms with Crippen molar-refractivity contribution >= 4 is 5.91 Å². The van der Waals surface area contributed by atoms with E-state index in [4.69, 9.17) is 10.5 Å².